The van der Waals surface area contributed by atoms with Crippen molar-refractivity contribution in [3.05, 3.63) is 0 Å². The molecule has 1 aliphatic heterocycles. The first-order valence-corrected chi connectivity index (χ1v) is 6.35. The quantitative estimate of drug-likeness (QED) is 0.672. The van der Waals surface area contributed by atoms with E-state index < -0.39 is 5.60 Å². The minimum atomic E-state index is -0.620. The summed E-state index contributed by atoms with van der Waals surface area (Å²) in [5.41, 5.74) is -0.620. The molecule has 0 amide bonds. The molecule has 0 aromatic carbocycles. The Morgan fingerprint density at radius 2 is 2.25 bits per heavy atom. The third-order valence-corrected chi connectivity index (χ3v) is 3.13. The van der Waals surface area contributed by atoms with Crippen LogP contribution in [0.4, 0.5) is 0 Å². The van der Waals surface area contributed by atoms with Crippen LogP contribution in [0, 0.1) is 0 Å². The van der Waals surface area contributed by atoms with Crippen molar-refractivity contribution in [2.45, 2.75) is 64.6 Å². The smallest absolute Gasteiger partial charge is 0.164 e. The highest BCUT2D eigenvalue weighted by atomic mass is 16.5. The number of Topliss-reactive ketones (excluding diaryl/α,β-unsaturated/α-hetero) is 1. The van der Waals surface area contributed by atoms with Crippen molar-refractivity contribution < 1.29 is 14.3 Å². The van der Waals surface area contributed by atoms with Crippen molar-refractivity contribution in [3.8, 4) is 0 Å². The lowest BCUT2D eigenvalue weighted by atomic mass is 9.97. The molecular weight excluding hydrogens is 204 g/mol. The van der Waals surface area contributed by atoms with Crippen LogP contribution in [-0.2, 0) is 14.3 Å². The van der Waals surface area contributed by atoms with Crippen LogP contribution in [0.25, 0.3) is 0 Å². The molecule has 3 heteroatoms. The second kappa shape index (κ2) is 6.36. The minimum Gasteiger partial charge on any atom is -0.378 e. The van der Waals surface area contributed by atoms with E-state index in [0.29, 0.717) is 19.1 Å². The van der Waals surface area contributed by atoms with Gasteiger partial charge in [0, 0.05) is 19.6 Å². The maximum Gasteiger partial charge on any atom is 0.164 e. The largest absolute Gasteiger partial charge is 0.378 e. The van der Waals surface area contributed by atoms with Gasteiger partial charge in [-0.15, -0.1) is 0 Å². The lowest BCUT2D eigenvalue weighted by molar-refractivity contribution is -0.140. The van der Waals surface area contributed by atoms with E-state index in [1.807, 2.05) is 20.8 Å². The van der Waals surface area contributed by atoms with Gasteiger partial charge in [-0.25, -0.2) is 0 Å². The minimum absolute atomic E-state index is 0.201. The summed E-state index contributed by atoms with van der Waals surface area (Å²) in [6.45, 7) is 7.10. The van der Waals surface area contributed by atoms with Crippen molar-refractivity contribution in [1.82, 2.24) is 0 Å². The monoisotopic (exact) mass is 228 g/mol. The van der Waals surface area contributed by atoms with Crippen LogP contribution in [0.3, 0.4) is 0 Å². The summed E-state index contributed by atoms with van der Waals surface area (Å²) in [4.78, 5) is 11.9. The number of ether oxygens (including phenoxy) is 2. The number of carbonyl (C=O) groups is 1. The van der Waals surface area contributed by atoms with Gasteiger partial charge in [0.15, 0.2) is 5.78 Å². The van der Waals surface area contributed by atoms with E-state index in [4.69, 9.17) is 9.47 Å². The third kappa shape index (κ3) is 4.22. The molecule has 1 rings (SSSR count). The highest BCUT2D eigenvalue weighted by Gasteiger charge is 2.27. The van der Waals surface area contributed by atoms with Gasteiger partial charge in [-0.05, 0) is 46.5 Å². The van der Waals surface area contributed by atoms with Gasteiger partial charge >= 0.3 is 0 Å². The van der Waals surface area contributed by atoms with Gasteiger partial charge in [0.2, 0.25) is 0 Å². The van der Waals surface area contributed by atoms with Gasteiger partial charge in [0.05, 0.1) is 6.10 Å². The molecule has 0 aromatic rings. The van der Waals surface area contributed by atoms with Crippen molar-refractivity contribution in [3.63, 3.8) is 0 Å². The topological polar surface area (TPSA) is 35.5 Å². The van der Waals surface area contributed by atoms with Crippen LogP contribution < -0.4 is 0 Å². The zero-order chi connectivity index (χ0) is 12.0. The Bertz CT molecular complexity index is 217. The summed E-state index contributed by atoms with van der Waals surface area (Å²) in [7, 11) is 0. The molecule has 0 aromatic heterocycles. The lowest BCUT2D eigenvalue weighted by Crippen LogP contribution is -2.35. The van der Waals surface area contributed by atoms with Crippen molar-refractivity contribution >= 4 is 5.78 Å². The average Bonchev–Trinajstić information content (AvgIpc) is 2.70. The predicted octanol–water partition coefficient (Wildman–Crippen LogP) is 2.72. The van der Waals surface area contributed by atoms with E-state index in [1.54, 1.807) is 0 Å². The molecule has 0 radical (unpaired) electrons. The molecule has 0 aliphatic carbocycles. The molecule has 1 heterocycles. The molecule has 1 aliphatic rings. The maximum absolute atomic E-state index is 11.9. The zero-order valence-electron chi connectivity index (χ0n) is 10.8. The number of carbonyl (C=O) groups excluding carboxylic acids is 1. The molecule has 3 nitrogen and oxygen atoms in total. The highest BCUT2D eigenvalue weighted by Crippen LogP contribution is 2.20. The first kappa shape index (κ1) is 13.7. The standard InChI is InChI=1S/C13H24O3/c1-4-16-13(2,3)12(14)9-5-7-11-8-6-10-15-11/h11H,4-10H2,1-3H3. The summed E-state index contributed by atoms with van der Waals surface area (Å²) >= 11 is 0. The first-order valence-electron chi connectivity index (χ1n) is 6.35. The Labute approximate surface area is 98.5 Å². The van der Waals surface area contributed by atoms with E-state index in [-0.39, 0.29) is 5.78 Å². The summed E-state index contributed by atoms with van der Waals surface area (Å²) in [6, 6.07) is 0. The Balaban J connectivity index is 2.18. The van der Waals surface area contributed by atoms with E-state index in [0.717, 1.165) is 25.9 Å². The van der Waals surface area contributed by atoms with Gasteiger partial charge < -0.3 is 9.47 Å². The molecule has 0 N–H and O–H groups in total. The Morgan fingerprint density at radius 3 is 2.81 bits per heavy atom. The Hall–Kier alpha value is -0.410. The normalized spacial score (nSPS) is 21.3. The molecule has 0 saturated carbocycles. The third-order valence-electron chi connectivity index (χ3n) is 3.13. The molecule has 0 spiro atoms. The summed E-state index contributed by atoms with van der Waals surface area (Å²) in [5, 5.41) is 0. The molecular formula is C13H24O3. The molecule has 1 fully saturated rings. The summed E-state index contributed by atoms with van der Waals surface area (Å²) < 4.78 is 11.0. The van der Waals surface area contributed by atoms with Crippen molar-refractivity contribution in [2.75, 3.05) is 13.2 Å². The molecule has 1 saturated heterocycles. The van der Waals surface area contributed by atoms with E-state index in [9.17, 15) is 4.79 Å². The summed E-state index contributed by atoms with van der Waals surface area (Å²) in [6.07, 6.45) is 5.25. The second-order valence-electron chi connectivity index (χ2n) is 4.89. The number of hydrogen-bond acceptors (Lipinski definition) is 3. The van der Waals surface area contributed by atoms with E-state index >= 15 is 0 Å². The van der Waals surface area contributed by atoms with E-state index in [2.05, 4.69) is 0 Å². The Morgan fingerprint density at radius 1 is 1.50 bits per heavy atom. The van der Waals surface area contributed by atoms with Crippen molar-refractivity contribution in [1.29, 1.82) is 0 Å². The SMILES string of the molecule is CCOC(C)(C)C(=O)CCCC1CCCO1. The number of ketones is 1. The van der Waals surface area contributed by atoms with Gasteiger partial charge in [0.25, 0.3) is 0 Å². The molecule has 1 atom stereocenters. The average molecular weight is 228 g/mol. The predicted molar refractivity (Wildman–Crippen MR) is 63.5 cm³/mol. The fourth-order valence-electron chi connectivity index (χ4n) is 2.10. The lowest BCUT2D eigenvalue weighted by Gasteiger charge is -2.23. The van der Waals surface area contributed by atoms with Gasteiger partial charge in [-0.2, -0.15) is 0 Å². The van der Waals surface area contributed by atoms with E-state index in [1.165, 1.54) is 6.42 Å². The van der Waals surface area contributed by atoms with Gasteiger partial charge in [0.1, 0.15) is 5.60 Å². The Kier molecular flexibility index (Phi) is 5.42. The van der Waals surface area contributed by atoms with Crippen LogP contribution in [0.5, 0.6) is 0 Å². The molecule has 0 bridgehead atoms. The first-order chi connectivity index (χ1) is 7.56. The van der Waals surface area contributed by atoms with Crippen molar-refractivity contribution in [2.24, 2.45) is 0 Å². The van der Waals surface area contributed by atoms with Crippen LogP contribution in [0.2, 0.25) is 0 Å². The molecule has 1 unspecified atom stereocenters. The van der Waals surface area contributed by atoms with Gasteiger partial charge in [-0.1, -0.05) is 0 Å². The second-order valence-corrected chi connectivity index (χ2v) is 4.89. The molecule has 94 valence electrons. The zero-order valence-corrected chi connectivity index (χ0v) is 10.8. The fraction of sp³-hybridized carbons (Fsp3) is 0.923. The van der Waals surface area contributed by atoms with Crippen LogP contribution in [-0.4, -0.2) is 30.7 Å². The summed E-state index contributed by atoms with van der Waals surface area (Å²) in [5.74, 6) is 0.201. The maximum atomic E-state index is 11.9. The van der Waals surface area contributed by atoms with Gasteiger partial charge in [-0.3, -0.25) is 4.79 Å². The van der Waals surface area contributed by atoms with Crippen LogP contribution in [0.15, 0.2) is 0 Å². The van der Waals surface area contributed by atoms with Crippen LogP contribution in [0.1, 0.15) is 52.9 Å². The van der Waals surface area contributed by atoms with Crippen LogP contribution >= 0.6 is 0 Å². The highest BCUT2D eigenvalue weighted by molar-refractivity contribution is 5.86. The fourth-order valence-corrected chi connectivity index (χ4v) is 2.10. The molecule has 16 heavy (non-hydrogen) atoms. The number of rotatable bonds is 7. The number of hydrogen-bond donors (Lipinski definition) is 0.